The van der Waals surface area contributed by atoms with Crippen molar-refractivity contribution in [3.8, 4) is 0 Å². The summed E-state index contributed by atoms with van der Waals surface area (Å²) in [5, 5.41) is 2.76. The number of methoxy groups -OCH3 is 1. The summed E-state index contributed by atoms with van der Waals surface area (Å²) in [5.74, 6) is -1.22. The molecule has 7 nitrogen and oxygen atoms in total. The summed E-state index contributed by atoms with van der Waals surface area (Å²) >= 11 is 5.97. The molecule has 0 saturated carbocycles. The molecule has 0 fully saturated rings. The zero-order valence-corrected chi connectivity index (χ0v) is 19.1. The average molecular weight is 453 g/mol. The van der Waals surface area contributed by atoms with Crippen LogP contribution in [0.2, 0.25) is 5.02 Å². The first-order valence-corrected chi connectivity index (χ1v) is 11.3. The molecule has 0 unspecified atom stereocenters. The van der Waals surface area contributed by atoms with Crippen molar-refractivity contribution >= 4 is 44.9 Å². The Bertz CT molecular complexity index is 1040. The van der Waals surface area contributed by atoms with E-state index in [2.05, 4.69) is 30.8 Å². The normalized spacial score (nSPS) is 11.7. The van der Waals surface area contributed by atoms with Crippen molar-refractivity contribution in [2.45, 2.75) is 26.2 Å². The maximum atomic E-state index is 12.5. The van der Waals surface area contributed by atoms with Crippen molar-refractivity contribution in [2.75, 3.05) is 29.5 Å². The van der Waals surface area contributed by atoms with Crippen LogP contribution in [0.5, 0.6) is 0 Å². The second-order valence-electron chi connectivity index (χ2n) is 7.80. The Morgan fingerprint density at radius 1 is 1.10 bits per heavy atom. The number of benzene rings is 2. The van der Waals surface area contributed by atoms with Gasteiger partial charge in [-0.15, -0.1) is 0 Å². The highest BCUT2D eigenvalue weighted by atomic mass is 35.5. The third-order valence-corrected chi connectivity index (χ3v) is 5.83. The number of rotatable bonds is 6. The van der Waals surface area contributed by atoms with Gasteiger partial charge in [0.1, 0.15) is 6.54 Å². The van der Waals surface area contributed by atoms with E-state index in [4.69, 9.17) is 11.6 Å². The average Bonchev–Trinajstić information content (AvgIpc) is 2.65. The molecule has 2 aromatic carbocycles. The molecule has 0 atom stereocenters. The van der Waals surface area contributed by atoms with E-state index in [-0.39, 0.29) is 16.0 Å². The second-order valence-corrected chi connectivity index (χ2v) is 10.1. The molecule has 0 saturated heterocycles. The molecule has 0 aliphatic rings. The second kappa shape index (κ2) is 9.06. The van der Waals surface area contributed by atoms with Crippen molar-refractivity contribution in [1.82, 2.24) is 0 Å². The molecule has 9 heteroatoms. The van der Waals surface area contributed by atoms with Gasteiger partial charge in [-0.05, 0) is 41.3 Å². The molecular weight excluding hydrogens is 428 g/mol. The summed E-state index contributed by atoms with van der Waals surface area (Å²) in [7, 11) is -2.49. The number of amides is 1. The number of esters is 1. The molecule has 0 radical (unpaired) electrons. The van der Waals surface area contributed by atoms with Crippen molar-refractivity contribution in [3.05, 3.63) is 58.6 Å². The molecule has 162 valence electrons. The Balaban J connectivity index is 2.24. The van der Waals surface area contributed by atoms with E-state index >= 15 is 0 Å². The smallest absolute Gasteiger partial charge is 0.339 e. The molecule has 0 aliphatic carbocycles. The van der Waals surface area contributed by atoms with Gasteiger partial charge in [-0.2, -0.15) is 0 Å². The molecular formula is C21H25ClN2O5S. The molecule has 1 N–H and O–H groups in total. The molecule has 0 bridgehead atoms. The lowest BCUT2D eigenvalue weighted by Gasteiger charge is -2.24. The lowest BCUT2D eigenvalue weighted by Crippen LogP contribution is -2.37. The van der Waals surface area contributed by atoms with Gasteiger partial charge in [0.05, 0.1) is 29.6 Å². The van der Waals surface area contributed by atoms with Crippen LogP contribution in [0, 0.1) is 0 Å². The number of hydrogen-bond donors (Lipinski definition) is 1. The minimum atomic E-state index is -3.71. The van der Waals surface area contributed by atoms with Gasteiger partial charge < -0.3 is 10.1 Å². The minimum Gasteiger partial charge on any atom is -0.465 e. The summed E-state index contributed by atoms with van der Waals surface area (Å²) in [5.41, 5.74) is 1.72. The molecule has 2 aromatic rings. The van der Waals surface area contributed by atoms with Crippen molar-refractivity contribution in [1.29, 1.82) is 0 Å². The predicted octanol–water partition coefficient (Wildman–Crippen LogP) is 3.83. The van der Waals surface area contributed by atoms with Crippen molar-refractivity contribution in [2.24, 2.45) is 0 Å². The number of hydrogen-bond acceptors (Lipinski definition) is 5. The number of anilines is 2. The fourth-order valence-electron chi connectivity index (χ4n) is 2.73. The van der Waals surface area contributed by atoms with E-state index < -0.39 is 28.4 Å². The van der Waals surface area contributed by atoms with E-state index in [1.807, 2.05) is 12.1 Å². The molecule has 0 aliphatic heterocycles. The molecule has 0 heterocycles. The first-order chi connectivity index (χ1) is 13.8. The lowest BCUT2D eigenvalue weighted by atomic mass is 9.87. The van der Waals surface area contributed by atoms with Crippen LogP contribution < -0.4 is 9.62 Å². The maximum absolute atomic E-state index is 12.5. The lowest BCUT2D eigenvalue weighted by molar-refractivity contribution is -0.114. The summed E-state index contributed by atoms with van der Waals surface area (Å²) < 4.78 is 30.3. The summed E-state index contributed by atoms with van der Waals surface area (Å²) in [6.45, 7) is 5.74. The maximum Gasteiger partial charge on any atom is 0.339 e. The number of carbonyl (C=O) groups is 2. The van der Waals surface area contributed by atoms with Gasteiger partial charge in [0.25, 0.3) is 0 Å². The van der Waals surface area contributed by atoms with Crippen molar-refractivity contribution in [3.63, 3.8) is 0 Å². The zero-order chi connectivity index (χ0) is 22.7. The number of ether oxygens (including phenoxy) is 1. The van der Waals surface area contributed by atoms with Gasteiger partial charge in [-0.25, -0.2) is 13.2 Å². The quantitative estimate of drug-likeness (QED) is 0.672. The van der Waals surface area contributed by atoms with E-state index in [9.17, 15) is 18.0 Å². The standard InChI is InChI=1S/C21H25ClN2O5S/c1-21(2,3)14-6-9-16(10-7-14)24(30(5,27)28)13-19(25)23-15-8-11-18(22)17(12-15)20(26)29-4/h6-12H,13H2,1-5H3,(H,23,25). The minimum absolute atomic E-state index is 0.0856. The SMILES string of the molecule is COC(=O)c1cc(NC(=O)CN(c2ccc(C(C)(C)C)cc2)S(C)(=O)=O)ccc1Cl. The topological polar surface area (TPSA) is 92.8 Å². The van der Waals surface area contributed by atoms with Crippen LogP contribution in [0.1, 0.15) is 36.7 Å². The van der Waals surface area contributed by atoms with Gasteiger partial charge >= 0.3 is 5.97 Å². The van der Waals surface area contributed by atoms with E-state index in [1.165, 1.54) is 25.3 Å². The van der Waals surface area contributed by atoms with Gasteiger partial charge in [0, 0.05) is 5.69 Å². The monoisotopic (exact) mass is 452 g/mol. The van der Waals surface area contributed by atoms with Crippen LogP contribution >= 0.6 is 11.6 Å². The highest BCUT2D eigenvalue weighted by molar-refractivity contribution is 7.92. The Morgan fingerprint density at radius 3 is 2.20 bits per heavy atom. The Kier molecular flexibility index (Phi) is 7.15. The predicted molar refractivity (Wildman–Crippen MR) is 119 cm³/mol. The molecule has 30 heavy (non-hydrogen) atoms. The van der Waals surface area contributed by atoms with Crippen LogP contribution in [-0.4, -0.2) is 40.2 Å². The summed E-state index contributed by atoms with van der Waals surface area (Å²) in [6, 6.07) is 11.4. The van der Waals surface area contributed by atoms with Gasteiger partial charge in [-0.3, -0.25) is 9.10 Å². The zero-order valence-electron chi connectivity index (χ0n) is 17.5. The third kappa shape index (κ3) is 5.96. The van der Waals surface area contributed by atoms with Gasteiger partial charge in [-0.1, -0.05) is 44.5 Å². The van der Waals surface area contributed by atoms with E-state index in [0.717, 1.165) is 16.1 Å². The fraction of sp³-hybridized carbons (Fsp3) is 0.333. The Labute approximate surface area is 182 Å². The number of nitrogens with zero attached hydrogens (tertiary/aromatic N) is 1. The van der Waals surface area contributed by atoms with Gasteiger partial charge in [0.15, 0.2) is 0 Å². The Hall–Kier alpha value is -2.58. The first kappa shape index (κ1) is 23.7. The summed E-state index contributed by atoms with van der Waals surface area (Å²) in [4.78, 5) is 24.3. The highest BCUT2D eigenvalue weighted by Gasteiger charge is 2.22. The summed E-state index contributed by atoms with van der Waals surface area (Å²) in [6.07, 6.45) is 1.04. The number of halogens is 1. The van der Waals surface area contributed by atoms with Gasteiger partial charge in [0.2, 0.25) is 15.9 Å². The Morgan fingerprint density at radius 2 is 1.70 bits per heavy atom. The third-order valence-electron chi connectivity index (χ3n) is 4.36. The van der Waals surface area contributed by atoms with Crippen LogP contribution in [-0.2, 0) is 25.0 Å². The van der Waals surface area contributed by atoms with Crippen molar-refractivity contribution < 1.29 is 22.7 Å². The number of sulfonamides is 1. The fourth-order valence-corrected chi connectivity index (χ4v) is 3.78. The van der Waals surface area contributed by atoms with Crippen LogP contribution in [0.3, 0.4) is 0 Å². The number of carbonyl (C=O) groups excluding carboxylic acids is 2. The molecule has 2 rings (SSSR count). The van der Waals surface area contributed by atoms with Crippen LogP contribution in [0.4, 0.5) is 11.4 Å². The molecule has 0 spiro atoms. The molecule has 0 aromatic heterocycles. The van der Waals surface area contributed by atoms with Crippen LogP contribution in [0.25, 0.3) is 0 Å². The highest BCUT2D eigenvalue weighted by Crippen LogP contribution is 2.26. The van der Waals surface area contributed by atoms with E-state index in [1.54, 1.807) is 12.1 Å². The molecule has 1 amide bonds. The first-order valence-electron chi connectivity index (χ1n) is 9.09. The van der Waals surface area contributed by atoms with Crippen LogP contribution in [0.15, 0.2) is 42.5 Å². The van der Waals surface area contributed by atoms with E-state index in [0.29, 0.717) is 11.4 Å². The largest absolute Gasteiger partial charge is 0.465 e. The number of nitrogens with one attached hydrogen (secondary N) is 1.